The number of hydrogen-bond acceptors (Lipinski definition) is 8. The minimum absolute atomic E-state index is 0.0586. The van der Waals surface area contributed by atoms with Gasteiger partial charge in [-0.05, 0) is 35.4 Å². The maximum atomic E-state index is 11.8. The third kappa shape index (κ3) is 5.93. The van der Waals surface area contributed by atoms with E-state index < -0.39 is 10.1 Å². The van der Waals surface area contributed by atoms with E-state index in [2.05, 4.69) is 6.92 Å². The molecule has 0 amide bonds. The van der Waals surface area contributed by atoms with Gasteiger partial charge >= 0.3 is 0 Å². The summed E-state index contributed by atoms with van der Waals surface area (Å²) in [5.74, 6) is 2.01. The van der Waals surface area contributed by atoms with Crippen molar-refractivity contribution in [1.29, 1.82) is 0 Å². The lowest BCUT2D eigenvalue weighted by atomic mass is 9.70. The number of fused-ring (bicyclic) bond motifs is 1. The molecule has 1 unspecified atom stereocenters. The molecule has 1 heterocycles. The van der Waals surface area contributed by atoms with Crippen molar-refractivity contribution in [3.8, 4) is 11.5 Å². The Labute approximate surface area is 188 Å². The Kier molecular flexibility index (Phi) is 7.87. The van der Waals surface area contributed by atoms with Crippen LogP contribution < -0.4 is 9.47 Å². The molecule has 3 rings (SSSR count). The zero-order chi connectivity index (χ0) is 22.5. The number of methoxy groups -OCH3 is 2. The Morgan fingerprint density at radius 3 is 2.23 bits per heavy atom. The molecule has 2 atom stereocenters. The number of rotatable bonds is 10. The molecule has 0 spiro atoms. The summed E-state index contributed by atoms with van der Waals surface area (Å²) < 4.78 is 49.8. The lowest BCUT2D eigenvalue weighted by Gasteiger charge is -2.42. The summed E-state index contributed by atoms with van der Waals surface area (Å²) in [6.45, 7) is 2.54. The van der Waals surface area contributed by atoms with E-state index in [1.807, 2.05) is 42.5 Å². The van der Waals surface area contributed by atoms with Crippen LogP contribution in [0.25, 0.3) is 0 Å². The fourth-order valence-electron chi connectivity index (χ4n) is 3.62. The summed E-state index contributed by atoms with van der Waals surface area (Å²) in [5, 5.41) is 0. The fourth-order valence-corrected chi connectivity index (χ4v) is 5.41. The van der Waals surface area contributed by atoms with E-state index in [1.54, 1.807) is 26.0 Å². The highest BCUT2D eigenvalue weighted by Crippen LogP contribution is 2.51. The number of thioether (sulfide) groups is 1. The second-order valence-corrected chi connectivity index (χ2v) is 10.2. The third-order valence-corrected chi connectivity index (χ3v) is 7.28. The van der Waals surface area contributed by atoms with Crippen LogP contribution in [0.5, 0.6) is 11.5 Å². The van der Waals surface area contributed by atoms with Gasteiger partial charge in [0.2, 0.25) is 0 Å². The van der Waals surface area contributed by atoms with E-state index in [1.165, 1.54) is 0 Å². The molecule has 2 aromatic rings. The van der Waals surface area contributed by atoms with Gasteiger partial charge in [-0.2, -0.15) is 8.42 Å². The van der Waals surface area contributed by atoms with Crippen molar-refractivity contribution in [2.75, 3.05) is 46.4 Å². The van der Waals surface area contributed by atoms with E-state index in [-0.39, 0.29) is 31.5 Å². The number of hydrogen-bond donors (Lipinski definition) is 0. The zero-order valence-corrected chi connectivity index (χ0v) is 19.8. The normalized spacial score (nSPS) is 20.8. The molecule has 0 aromatic heterocycles. The van der Waals surface area contributed by atoms with Gasteiger partial charge in [0.15, 0.2) is 13.6 Å². The van der Waals surface area contributed by atoms with Crippen LogP contribution in [0.2, 0.25) is 0 Å². The molecule has 2 aromatic carbocycles. The molecule has 0 fully saturated rings. The van der Waals surface area contributed by atoms with Crippen LogP contribution in [0.1, 0.15) is 24.0 Å². The van der Waals surface area contributed by atoms with Crippen LogP contribution >= 0.6 is 11.8 Å². The smallest absolute Gasteiger partial charge is 0.264 e. The Bertz CT molecular complexity index is 976. The van der Waals surface area contributed by atoms with Crippen molar-refractivity contribution >= 4 is 21.9 Å². The molecule has 170 valence electrons. The summed E-state index contributed by atoms with van der Waals surface area (Å²) in [5.41, 5.74) is 1.76. The molecule has 1 aliphatic rings. The standard InChI is InChI=1S/C22H28O7S2/c1-22(16-5-7-17(8-6-16)27-14-25-2)13-30-21-11-18(28-15-26-3)9-10-19(21)20(22)12-29-31(4,23)24/h5-11,20H,12-15H2,1-4H3/t20?,22-/m1/s1. The minimum atomic E-state index is -3.58. The second kappa shape index (κ2) is 10.2. The average Bonchev–Trinajstić information content (AvgIpc) is 2.75. The molecule has 0 saturated carbocycles. The SMILES string of the molecule is COCOc1ccc([C@@]2(C)CSc3cc(OCOC)ccc3C2COS(C)(=O)=O)cc1. The highest BCUT2D eigenvalue weighted by atomic mass is 32.2. The lowest BCUT2D eigenvalue weighted by molar-refractivity contribution is 0.0508. The van der Waals surface area contributed by atoms with Crippen molar-refractivity contribution in [3.63, 3.8) is 0 Å². The van der Waals surface area contributed by atoms with E-state index >= 15 is 0 Å². The Balaban J connectivity index is 1.95. The monoisotopic (exact) mass is 468 g/mol. The van der Waals surface area contributed by atoms with Gasteiger partial charge in [0.1, 0.15) is 11.5 Å². The fraction of sp³-hybridized carbons (Fsp3) is 0.455. The Hall–Kier alpha value is -1.78. The molecule has 0 bridgehead atoms. The summed E-state index contributed by atoms with van der Waals surface area (Å²) in [6, 6.07) is 13.6. The highest BCUT2D eigenvalue weighted by Gasteiger charge is 2.42. The van der Waals surface area contributed by atoms with Gasteiger partial charge in [-0.1, -0.05) is 25.1 Å². The zero-order valence-electron chi connectivity index (χ0n) is 18.1. The first-order valence-electron chi connectivity index (χ1n) is 9.72. The molecule has 31 heavy (non-hydrogen) atoms. The molecule has 7 nitrogen and oxygen atoms in total. The van der Waals surface area contributed by atoms with Crippen LogP contribution in [0, 0.1) is 0 Å². The summed E-state index contributed by atoms with van der Waals surface area (Å²) in [6.07, 6.45) is 1.08. The molecule has 9 heteroatoms. The average molecular weight is 469 g/mol. The third-order valence-electron chi connectivity index (χ3n) is 5.31. The highest BCUT2D eigenvalue weighted by molar-refractivity contribution is 7.99. The first-order valence-corrected chi connectivity index (χ1v) is 12.5. The van der Waals surface area contributed by atoms with E-state index in [0.29, 0.717) is 11.5 Å². The molecule has 0 N–H and O–H groups in total. The van der Waals surface area contributed by atoms with Crippen LogP contribution in [-0.2, 0) is 29.2 Å². The van der Waals surface area contributed by atoms with Gasteiger partial charge in [-0.15, -0.1) is 11.8 Å². The van der Waals surface area contributed by atoms with Gasteiger partial charge in [-0.3, -0.25) is 4.18 Å². The van der Waals surface area contributed by atoms with E-state index in [4.69, 9.17) is 23.1 Å². The Morgan fingerprint density at radius 1 is 1.00 bits per heavy atom. The van der Waals surface area contributed by atoms with E-state index in [9.17, 15) is 8.42 Å². The van der Waals surface area contributed by atoms with Gasteiger partial charge < -0.3 is 18.9 Å². The maximum Gasteiger partial charge on any atom is 0.264 e. The summed E-state index contributed by atoms with van der Waals surface area (Å²) in [7, 11) is -0.432. The maximum absolute atomic E-state index is 11.8. The topological polar surface area (TPSA) is 80.3 Å². The Morgan fingerprint density at radius 2 is 1.61 bits per heavy atom. The largest absolute Gasteiger partial charge is 0.468 e. The first-order chi connectivity index (χ1) is 14.8. The quantitative estimate of drug-likeness (QED) is 0.385. The van der Waals surface area contributed by atoms with Gasteiger partial charge in [0.05, 0.1) is 12.9 Å². The van der Waals surface area contributed by atoms with Crippen LogP contribution in [0.4, 0.5) is 0 Å². The predicted octanol–water partition coefficient (Wildman–Crippen LogP) is 3.78. The van der Waals surface area contributed by atoms with Crippen molar-refractivity contribution in [1.82, 2.24) is 0 Å². The van der Waals surface area contributed by atoms with Crippen molar-refractivity contribution in [2.24, 2.45) is 0 Å². The predicted molar refractivity (Wildman–Crippen MR) is 120 cm³/mol. The van der Waals surface area contributed by atoms with Crippen LogP contribution in [0.15, 0.2) is 47.4 Å². The summed E-state index contributed by atoms with van der Waals surface area (Å²) >= 11 is 1.72. The lowest BCUT2D eigenvalue weighted by Crippen LogP contribution is -2.39. The van der Waals surface area contributed by atoms with Crippen molar-refractivity contribution in [3.05, 3.63) is 53.6 Å². The molecule has 0 saturated heterocycles. The molecule has 0 radical (unpaired) electrons. The first kappa shape index (κ1) is 23.9. The van der Waals surface area contributed by atoms with Gasteiger partial charge in [0.25, 0.3) is 10.1 Å². The summed E-state index contributed by atoms with van der Waals surface area (Å²) in [4.78, 5) is 1.05. The van der Waals surface area contributed by atoms with Crippen molar-refractivity contribution in [2.45, 2.75) is 23.2 Å². The van der Waals surface area contributed by atoms with E-state index in [0.717, 1.165) is 28.0 Å². The molecular weight excluding hydrogens is 440 g/mol. The molecule has 1 aliphatic heterocycles. The number of benzene rings is 2. The molecular formula is C22H28O7S2. The van der Waals surface area contributed by atoms with Crippen LogP contribution in [-0.4, -0.2) is 54.8 Å². The van der Waals surface area contributed by atoms with Gasteiger partial charge in [-0.25, -0.2) is 0 Å². The van der Waals surface area contributed by atoms with Gasteiger partial charge in [0, 0.05) is 36.2 Å². The van der Waals surface area contributed by atoms with Crippen molar-refractivity contribution < 1.29 is 31.5 Å². The molecule has 0 aliphatic carbocycles. The van der Waals surface area contributed by atoms with Crippen LogP contribution in [0.3, 0.4) is 0 Å². The second-order valence-electron chi connectivity index (χ2n) is 7.57. The number of ether oxygens (including phenoxy) is 4. The minimum Gasteiger partial charge on any atom is -0.468 e.